The molecular formula is C16H23NO4. The van der Waals surface area contributed by atoms with Crippen molar-refractivity contribution in [3.8, 4) is 11.5 Å². The van der Waals surface area contributed by atoms with Crippen molar-refractivity contribution in [2.45, 2.75) is 51.2 Å². The van der Waals surface area contributed by atoms with Crippen molar-refractivity contribution in [2.24, 2.45) is 0 Å². The number of benzene rings is 1. The quantitative estimate of drug-likeness (QED) is 0.747. The molecule has 5 heteroatoms. The van der Waals surface area contributed by atoms with Gasteiger partial charge in [0.1, 0.15) is 0 Å². The molecule has 0 spiro atoms. The van der Waals surface area contributed by atoms with Crippen molar-refractivity contribution >= 4 is 5.91 Å². The zero-order chi connectivity index (χ0) is 15.4. The van der Waals surface area contributed by atoms with E-state index in [4.69, 9.17) is 0 Å². The first kappa shape index (κ1) is 15.6. The van der Waals surface area contributed by atoms with Gasteiger partial charge >= 0.3 is 0 Å². The second-order valence-electron chi connectivity index (χ2n) is 5.76. The predicted molar refractivity (Wildman–Crippen MR) is 79.4 cm³/mol. The molecule has 2 rings (SSSR count). The smallest absolute Gasteiger partial charge is 0.258 e. The van der Waals surface area contributed by atoms with Gasteiger partial charge in [-0.2, -0.15) is 0 Å². The molecule has 116 valence electrons. The minimum Gasteiger partial charge on any atom is -0.504 e. The van der Waals surface area contributed by atoms with E-state index in [0.717, 1.165) is 25.7 Å². The van der Waals surface area contributed by atoms with E-state index in [-0.39, 0.29) is 29.0 Å². The third-order valence-electron chi connectivity index (χ3n) is 4.00. The summed E-state index contributed by atoms with van der Waals surface area (Å²) in [5, 5.41) is 29.1. The van der Waals surface area contributed by atoms with Gasteiger partial charge in [-0.1, -0.05) is 18.9 Å². The summed E-state index contributed by atoms with van der Waals surface area (Å²) in [5.74, 6) is -0.943. The number of aliphatic hydroxyl groups excluding tert-OH is 1. The van der Waals surface area contributed by atoms with Crippen LogP contribution in [0.15, 0.2) is 18.2 Å². The van der Waals surface area contributed by atoms with Crippen molar-refractivity contribution < 1.29 is 20.1 Å². The molecular weight excluding hydrogens is 270 g/mol. The lowest BCUT2D eigenvalue weighted by molar-refractivity contribution is 0.0604. The monoisotopic (exact) mass is 293 g/mol. The number of hydrogen-bond donors (Lipinski definition) is 3. The summed E-state index contributed by atoms with van der Waals surface area (Å²) in [4.78, 5) is 14.4. The summed E-state index contributed by atoms with van der Waals surface area (Å²) in [5.41, 5.74) is 0.118. The highest BCUT2D eigenvalue weighted by molar-refractivity contribution is 5.97. The fraction of sp³-hybridized carbons (Fsp3) is 0.562. The largest absolute Gasteiger partial charge is 0.504 e. The van der Waals surface area contributed by atoms with Crippen LogP contribution < -0.4 is 0 Å². The molecule has 1 amide bonds. The zero-order valence-corrected chi connectivity index (χ0v) is 12.3. The average Bonchev–Trinajstić information content (AvgIpc) is 2.66. The molecule has 1 fully saturated rings. The van der Waals surface area contributed by atoms with E-state index in [1.807, 2.05) is 0 Å². The third kappa shape index (κ3) is 3.67. The van der Waals surface area contributed by atoms with Crippen LogP contribution in [-0.4, -0.2) is 44.8 Å². The van der Waals surface area contributed by atoms with Gasteiger partial charge in [0.05, 0.1) is 11.7 Å². The number of rotatable bonds is 3. The maximum Gasteiger partial charge on any atom is 0.258 e. The van der Waals surface area contributed by atoms with Crippen LogP contribution in [0.5, 0.6) is 11.5 Å². The summed E-state index contributed by atoms with van der Waals surface area (Å²) >= 11 is 0. The number of carbonyl (C=O) groups is 1. The highest BCUT2D eigenvalue weighted by Gasteiger charge is 2.29. The molecule has 0 aliphatic carbocycles. The lowest BCUT2D eigenvalue weighted by Gasteiger charge is -2.31. The Bertz CT molecular complexity index is 501. The zero-order valence-electron chi connectivity index (χ0n) is 12.3. The lowest BCUT2D eigenvalue weighted by atomic mass is 10.0. The van der Waals surface area contributed by atoms with E-state index in [0.29, 0.717) is 13.0 Å². The van der Waals surface area contributed by atoms with E-state index >= 15 is 0 Å². The predicted octanol–water partition coefficient (Wildman–Crippen LogP) is 2.25. The van der Waals surface area contributed by atoms with E-state index < -0.39 is 6.10 Å². The van der Waals surface area contributed by atoms with E-state index in [1.165, 1.54) is 12.1 Å². The maximum atomic E-state index is 12.7. The Morgan fingerprint density at radius 3 is 2.81 bits per heavy atom. The molecule has 1 saturated heterocycles. The minimum atomic E-state index is -0.471. The van der Waals surface area contributed by atoms with E-state index in [1.54, 1.807) is 17.9 Å². The van der Waals surface area contributed by atoms with Crippen LogP contribution in [-0.2, 0) is 0 Å². The van der Waals surface area contributed by atoms with Crippen molar-refractivity contribution in [3.05, 3.63) is 23.8 Å². The number of phenolic OH excluding ortho intramolecular Hbond substituents is 2. The summed E-state index contributed by atoms with van der Waals surface area (Å²) in [6.45, 7) is 2.34. The summed E-state index contributed by atoms with van der Waals surface area (Å²) in [6.07, 6.45) is 3.93. The molecule has 1 aromatic carbocycles. The van der Waals surface area contributed by atoms with Crippen molar-refractivity contribution in [2.75, 3.05) is 6.54 Å². The van der Waals surface area contributed by atoms with Crippen molar-refractivity contribution in [1.82, 2.24) is 4.90 Å². The molecule has 2 atom stereocenters. The highest BCUT2D eigenvalue weighted by atomic mass is 16.3. The number of carbonyl (C=O) groups excluding carboxylic acids is 1. The van der Waals surface area contributed by atoms with Gasteiger partial charge in [-0.15, -0.1) is 0 Å². The van der Waals surface area contributed by atoms with Gasteiger partial charge in [0, 0.05) is 12.6 Å². The Hall–Kier alpha value is -1.75. The Kier molecular flexibility index (Phi) is 5.07. The SMILES string of the molecule is CC(O)CC1CCCCCN1C(=O)c1cccc(O)c1O. The third-order valence-corrected chi connectivity index (χ3v) is 4.00. The molecule has 3 N–H and O–H groups in total. The molecule has 0 saturated carbocycles. The minimum absolute atomic E-state index is 0.0262. The molecule has 21 heavy (non-hydrogen) atoms. The fourth-order valence-corrected chi connectivity index (χ4v) is 2.94. The Morgan fingerprint density at radius 1 is 1.33 bits per heavy atom. The molecule has 0 bridgehead atoms. The molecule has 1 aliphatic heterocycles. The number of likely N-dealkylation sites (tertiary alicyclic amines) is 1. The van der Waals surface area contributed by atoms with Crippen LogP contribution >= 0.6 is 0 Å². The van der Waals surface area contributed by atoms with Crippen LogP contribution in [0.1, 0.15) is 49.4 Å². The lowest BCUT2D eigenvalue weighted by Crippen LogP contribution is -2.41. The molecule has 1 heterocycles. The molecule has 2 unspecified atom stereocenters. The molecule has 1 aromatic rings. The first-order valence-corrected chi connectivity index (χ1v) is 7.50. The first-order valence-electron chi connectivity index (χ1n) is 7.50. The molecule has 5 nitrogen and oxygen atoms in total. The van der Waals surface area contributed by atoms with E-state index in [9.17, 15) is 20.1 Å². The van der Waals surface area contributed by atoms with Gasteiger partial charge in [-0.25, -0.2) is 0 Å². The van der Waals surface area contributed by atoms with E-state index in [2.05, 4.69) is 0 Å². The second kappa shape index (κ2) is 6.80. The van der Waals surface area contributed by atoms with Gasteiger partial charge in [0.25, 0.3) is 5.91 Å². The van der Waals surface area contributed by atoms with Gasteiger partial charge in [0.2, 0.25) is 0 Å². The highest BCUT2D eigenvalue weighted by Crippen LogP contribution is 2.31. The van der Waals surface area contributed by atoms with Crippen LogP contribution in [0.3, 0.4) is 0 Å². The van der Waals surface area contributed by atoms with Crippen LogP contribution in [0.25, 0.3) is 0 Å². The van der Waals surface area contributed by atoms with Gasteiger partial charge < -0.3 is 20.2 Å². The van der Waals surface area contributed by atoms with Crippen LogP contribution in [0, 0.1) is 0 Å². The second-order valence-corrected chi connectivity index (χ2v) is 5.76. The molecule has 0 aromatic heterocycles. The maximum absolute atomic E-state index is 12.7. The Balaban J connectivity index is 2.26. The first-order chi connectivity index (χ1) is 10.0. The Labute approximate surface area is 124 Å². The summed E-state index contributed by atoms with van der Waals surface area (Å²) in [6, 6.07) is 4.38. The summed E-state index contributed by atoms with van der Waals surface area (Å²) in [7, 11) is 0. The Morgan fingerprint density at radius 2 is 2.10 bits per heavy atom. The number of aliphatic hydroxyl groups is 1. The van der Waals surface area contributed by atoms with Crippen LogP contribution in [0.4, 0.5) is 0 Å². The standard InChI is InChI=1S/C16H23NO4/c1-11(18)10-12-6-3-2-4-9-17(12)16(21)13-7-5-8-14(19)15(13)20/h5,7-8,11-12,18-20H,2-4,6,9-10H2,1H3. The number of para-hydroxylation sites is 1. The average molecular weight is 293 g/mol. The molecule has 0 radical (unpaired) electrons. The van der Waals surface area contributed by atoms with Gasteiger partial charge in [-0.05, 0) is 38.3 Å². The topological polar surface area (TPSA) is 81.0 Å². The molecule has 1 aliphatic rings. The fourth-order valence-electron chi connectivity index (χ4n) is 2.94. The number of aromatic hydroxyl groups is 2. The van der Waals surface area contributed by atoms with Crippen LogP contribution in [0.2, 0.25) is 0 Å². The van der Waals surface area contributed by atoms with Crippen molar-refractivity contribution in [3.63, 3.8) is 0 Å². The number of amides is 1. The normalized spacial score (nSPS) is 20.9. The summed E-state index contributed by atoms with van der Waals surface area (Å²) < 4.78 is 0. The van der Waals surface area contributed by atoms with Gasteiger partial charge in [0.15, 0.2) is 11.5 Å². The number of nitrogens with zero attached hydrogens (tertiary/aromatic N) is 1. The van der Waals surface area contributed by atoms with Gasteiger partial charge in [-0.3, -0.25) is 4.79 Å². The van der Waals surface area contributed by atoms with Crippen molar-refractivity contribution in [1.29, 1.82) is 0 Å². The number of phenols is 2. The number of hydrogen-bond acceptors (Lipinski definition) is 4.